The molecule has 6 nitrogen and oxygen atoms in total. The summed E-state index contributed by atoms with van der Waals surface area (Å²) >= 11 is 0. The Hall–Kier alpha value is -7.90. The highest BCUT2D eigenvalue weighted by atomic mass is 16.5. The molecule has 0 saturated heterocycles. The Bertz CT molecular complexity index is 3850. The molecule has 10 aromatic rings. The van der Waals surface area contributed by atoms with Crippen LogP contribution in [0.2, 0.25) is 0 Å². The highest BCUT2D eigenvalue weighted by molar-refractivity contribution is 6.61. The maximum atomic E-state index is 9.03. The van der Waals surface area contributed by atoms with Gasteiger partial charge in [-0.2, -0.15) is 0 Å². The van der Waals surface area contributed by atoms with E-state index in [1.807, 2.05) is 83.4 Å². The van der Waals surface area contributed by atoms with Gasteiger partial charge in [0.1, 0.15) is 11.6 Å². The lowest BCUT2D eigenvalue weighted by molar-refractivity contribution is -0.570. The van der Waals surface area contributed by atoms with Crippen LogP contribution in [0.5, 0.6) is 5.75 Å². The number of aromatic nitrogens is 4. The van der Waals surface area contributed by atoms with Crippen LogP contribution in [0.15, 0.2) is 212 Å². The van der Waals surface area contributed by atoms with Crippen molar-refractivity contribution in [2.75, 3.05) is 0 Å². The molecule has 3 aromatic heterocycles. The summed E-state index contributed by atoms with van der Waals surface area (Å²) in [4.78, 5) is 4.89. The average molecular weight is 824 g/mol. The zero-order valence-corrected chi connectivity index (χ0v) is 34.6. The molecule has 0 saturated carbocycles. The Labute approximate surface area is 381 Å². The third-order valence-electron chi connectivity index (χ3n) is 11.4. The monoisotopic (exact) mass is 823 g/mol. The van der Waals surface area contributed by atoms with Crippen molar-refractivity contribution < 1.29 is 23.0 Å². The quantitative estimate of drug-likeness (QED) is 0.0943. The molecule has 0 atom stereocenters. The lowest BCUT2D eigenvalue weighted by atomic mass is 9.74. The van der Waals surface area contributed by atoms with Crippen LogP contribution in [0.1, 0.15) is 40.0 Å². The normalized spacial score (nSPS) is 15.0. The molecule has 0 fully saturated rings. The van der Waals surface area contributed by atoms with Crippen molar-refractivity contribution in [3.8, 4) is 50.6 Å². The number of ether oxygens (including phenoxy) is 1. The third kappa shape index (κ3) is 6.98. The summed E-state index contributed by atoms with van der Waals surface area (Å²) in [6.07, 6.45) is 8.99. The van der Waals surface area contributed by atoms with Gasteiger partial charge >= 0.3 is 6.98 Å². The molecule has 1 aliphatic heterocycles. The van der Waals surface area contributed by atoms with Crippen LogP contribution in [-0.4, -0.2) is 21.0 Å². The second kappa shape index (κ2) is 15.5. The first-order chi connectivity index (χ1) is 35.0. The molecule has 7 aromatic carbocycles. The predicted octanol–water partition coefficient (Wildman–Crippen LogP) is 12.5. The van der Waals surface area contributed by atoms with Crippen molar-refractivity contribution in [1.29, 1.82) is 0 Å². The summed E-state index contributed by atoms with van der Waals surface area (Å²) in [7, 11) is 0. The van der Waals surface area contributed by atoms with Crippen LogP contribution in [0.25, 0.3) is 77.7 Å². The van der Waals surface area contributed by atoms with Gasteiger partial charge in [-0.1, -0.05) is 166 Å². The van der Waals surface area contributed by atoms with E-state index in [-0.39, 0.29) is 33.4 Å². The van der Waals surface area contributed by atoms with Gasteiger partial charge in [0.25, 0.3) is 0 Å². The first kappa shape index (κ1) is 28.6. The molecule has 7 heteroatoms. The van der Waals surface area contributed by atoms with Crippen molar-refractivity contribution in [1.82, 2.24) is 19.3 Å². The molecule has 0 aliphatic carbocycles. The van der Waals surface area contributed by atoms with Crippen molar-refractivity contribution in [3.63, 3.8) is 0 Å². The van der Waals surface area contributed by atoms with Crippen molar-refractivity contribution in [2.24, 2.45) is 0 Å². The van der Waals surface area contributed by atoms with Crippen LogP contribution in [0.3, 0.4) is 0 Å². The van der Waals surface area contributed by atoms with Crippen LogP contribution in [0, 0.1) is 6.33 Å². The van der Waals surface area contributed by atoms with E-state index in [0.29, 0.717) is 22.7 Å². The van der Waals surface area contributed by atoms with Crippen molar-refractivity contribution >= 4 is 39.8 Å². The Kier molecular flexibility index (Phi) is 7.05. The van der Waals surface area contributed by atoms with Gasteiger partial charge < -0.3 is 19.0 Å². The fraction of sp³-hybridized carbons (Fsp3) is 0.0714. The number of hydrogen-bond donors (Lipinski definition) is 1. The van der Waals surface area contributed by atoms with E-state index in [4.69, 9.17) is 23.4 Å². The summed E-state index contributed by atoms with van der Waals surface area (Å²) in [6.45, 7) is 5.92. The van der Waals surface area contributed by atoms with Crippen LogP contribution in [0.4, 0.5) is 0 Å². The van der Waals surface area contributed by atoms with E-state index in [1.54, 1.807) is 22.8 Å². The number of para-hydroxylation sites is 3. The SMILES string of the molecule is [2H]c1c([2H])c([2H])c(-c2cccc(-c3c([2H])c([2H])c([2H])c([2H])c3[2H])c2-[n+]2[c-]n(B3C=CC=C(Oc4ccc5c6cc(-c7ccccc7)ccc6n(-c6cc(C(C)(C)C)ccn6)c5c4)N3)c3ccccc32)c([2H])c1[2H]. The summed E-state index contributed by atoms with van der Waals surface area (Å²) in [6, 6.07) is 34.0. The molecular weight excluding hydrogens is 769 g/mol. The zero-order valence-electron chi connectivity index (χ0n) is 44.6. The van der Waals surface area contributed by atoms with Gasteiger partial charge in [-0.15, -0.1) is 0 Å². The molecule has 0 amide bonds. The lowest BCUT2D eigenvalue weighted by Gasteiger charge is -2.20. The standard InChI is InChI=1S/C56H44BN5O/c1-56(2,3)43-32-34-58-53(36-43)62-49-31-28-42(39-17-7-4-8-18-39)35-48(49)47-30-29-44(37-52(47)62)63-54-27-16-33-57(59-54)61-38-60(50-25-13-14-26-51(50)61)55-45(40-19-9-5-10-20-40)23-15-24-46(55)41-21-11-6-12-22-41/h4-37,59H,1-3H3/i5D,6D,9D,10D,11D,12D,19D,20D,21D,22D. The molecule has 63 heavy (non-hydrogen) atoms. The maximum absolute atomic E-state index is 9.03. The lowest BCUT2D eigenvalue weighted by Crippen LogP contribution is -2.43. The first-order valence-electron chi connectivity index (χ1n) is 25.7. The number of benzene rings is 7. The van der Waals surface area contributed by atoms with Gasteiger partial charge in [0.05, 0.1) is 35.9 Å². The maximum Gasteiger partial charge on any atom is 0.511 e. The Balaban J connectivity index is 1.03. The van der Waals surface area contributed by atoms with Gasteiger partial charge in [0.2, 0.25) is 6.33 Å². The zero-order chi connectivity index (χ0) is 51.2. The molecule has 0 spiro atoms. The topological polar surface area (TPSA) is 47.9 Å². The number of hydrogen-bond acceptors (Lipinski definition) is 3. The second-order valence-electron chi connectivity index (χ2n) is 16.4. The van der Waals surface area contributed by atoms with Crippen molar-refractivity contribution in [3.05, 3.63) is 224 Å². The van der Waals surface area contributed by atoms with Gasteiger partial charge in [-0.3, -0.25) is 4.57 Å². The van der Waals surface area contributed by atoms with Crippen LogP contribution >= 0.6 is 0 Å². The van der Waals surface area contributed by atoms with E-state index < -0.39 is 67.4 Å². The van der Waals surface area contributed by atoms with E-state index >= 15 is 0 Å². The minimum Gasteiger partial charge on any atom is -0.442 e. The fourth-order valence-electron chi connectivity index (χ4n) is 8.37. The molecular formula is C56H44BN5O. The predicted molar refractivity (Wildman–Crippen MR) is 258 cm³/mol. The summed E-state index contributed by atoms with van der Waals surface area (Å²) < 4.78 is 99.5. The molecule has 11 rings (SSSR count). The number of nitrogens with zero attached hydrogens (tertiary/aromatic N) is 4. The highest BCUT2D eigenvalue weighted by Crippen LogP contribution is 2.38. The van der Waals surface area contributed by atoms with Gasteiger partial charge in [0.15, 0.2) is 5.88 Å². The number of rotatable bonds is 8. The Morgan fingerprint density at radius 3 is 2.14 bits per heavy atom. The van der Waals surface area contributed by atoms with E-state index in [9.17, 15) is 0 Å². The minimum absolute atomic E-state index is 0.115. The highest BCUT2D eigenvalue weighted by Gasteiger charge is 2.28. The number of fused-ring (bicyclic) bond motifs is 4. The van der Waals surface area contributed by atoms with E-state index in [2.05, 4.69) is 85.4 Å². The Morgan fingerprint density at radius 2 is 1.40 bits per heavy atom. The smallest absolute Gasteiger partial charge is 0.442 e. The van der Waals surface area contributed by atoms with Crippen molar-refractivity contribution in [2.45, 2.75) is 26.2 Å². The molecule has 302 valence electrons. The number of pyridine rings is 1. The van der Waals surface area contributed by atoms with Crippen LogP contribution in [-0.2, 0) is 5.41 Å². The molecule has 0 bridgehead atoms. The van der Waals surface area contributed by atoms with Gasteiger partial charge in [-0.05, 0) is 92.8 Å². The summed E-state index contributed by atoms with van der Waals surface area (Å²) in [5.74, 6) is 3.68. The molecule has 0 unspecified atom stereocenters. The van der Waals surface area contributed by atoms with Gasteiger partial charge in [-0.25, -0.2) is 4.98 Å². The minimum atomic E-state index is -0.626. The molecule has 1 aliphatic rings. The van der Waals surface area contributed by atoms with Crippen LogP contribution < -0.4 is 14.5 Å². The second-order valence-corrected chi connectivity index (χ2v) is 16.4. The Morgan fingerprint density at radius 1 is 0.667 bits per heavy atom. The van der Waals surface area contributed by atoms with E-state index in [1.165, 1.54) is 0 Å². The average Bonchev–Trinajstić information content (AvgIpc) is 3.94. The molecule has 1 N–H and O–H groups in total. The van der Waals surface area contributed by atoms with E-state index in [0.717, 1.165) is 44.3 Å². The largest absolute Gasteiger partial charge is 0.511 e. The van der Waals surface area contributed by atoms with Gasteiger partial charge in [0, 0.05) is 28.6 Å². The fourth-order valence-corrected chi connectivity index (χ4v) is 8.37. The number of imidazole rings is 1. The summed E-state index contributed by atoms with van der Waals surface area (Å²) in [5.41, 5.74) is 6.58. The number of allylic oxidation sites excluding steroid dienone is 2. The first-order valence-corrected chi connectivity index (χ1v) is 20.7. The number of nitrogens with one attached hydrogen (secondary N) is 1. The summed E-state index contributed by atoms with van der Waals surface area (Å²) in [5, 5.41) is 5.60. The third-order valence-corrected chi connectivity index (χ3v) is 11.4. The molecule has 0 radical (unpaired) electrons. The molecule has 4 heterocycles.